The molecule has 0 radical (unpaired) electrons. The van der Waals surface area contributed by atoms with Crippen molar-refractivity contribution in [3.05, 3.63) is 34.1 Å². The second-order valence-electron chi connectivity index (χ2n) is 3.68. The molecule has 1 aromatic carbocycles. The molecule has 6 heteroatoms. The number of carbonyl (C=O) groups excluding carboxylic acids is 1. The molecule has 0 aliphatic carbocycles. The Morgan fingerprint density at radius 3 is 2.94 bits per heavy atom. The molecule has 0 spiro atoms. The van der Waals surface area contributed by atoms with Crippen LogP contribution in [0.1, 0.15) is 5.56 Å². The molecule has 0 bridgehead atoms. The Kier molecular flexibility index (Phi) is 6.85. The molecule has 0 atom stereocenters. The van der Waals surface area contributed by atoms with E-state index >= 15 is 0 Å². The molecule has 0 aromatic heterocycles. The van der Waals surface area contributed by atoms with Gasteiger partial charge in [0.05, 0.1) is 13.2 Å². The summed E-state index contributed by atoms with van der Waals surface area (Å²) in [7, 11) is 1.58. The predicted molar refractivity (Wildman–Crippen MR) is 70.7 cm³/mol. The van der Waals surface area contributed by atoms with Gasteiger partial charge in [0.1, 0.15) is 5.82 Å². The van der Waals surface area contributed by atoms with Crippen LogP contribution in [0, 0.1) is 5.82 Å². The molecule has 2 N–H and O–H groups in total. The van der Waals surface area contributed by atoms with Crippen LogP contribution in [0.25, 0.3) is 0 Å². The van der Waals surface area contributed by atoms with E-state index in [4.69, 9.17) is 4.74 Å². The summed E-state index contributed by atoms with van der Waals surface area (Å²) in [4.78, 5) is 11.3. The second-order valence-corrected chi connectivity index (χ2v) is 4.54. The van der Waals surface area contributed by atoms with Crippen molar-refractivity contribution < 1.29 is 13.9 Å². The van der Waals surface area contributed by atoms with Gasteiger partial charge < -0.3 is 15.4 Å². The van der Waals surface area contributed by atoms with Crippen LogP contribution in [-0.4, -0.2) is 32.7 Å². The van der Waals surface area contributed by atoms with Crippen LogP contribution in [0.5, 0.6) is 0 Å². The Morgan fingerprint density at radius 1 is 1.50 bits per heavy atom. The molecule has 4 nitrogen and oxygen atoms in total. The fourth-order valence-electron chi connectivity index (χ4n) is 1.33. The van der Waals surface area contributed by atoms with Crippen LogP contribution in [0.15, 0.2) is 22.7 Å². The molecule has 0 heterocycles. The highest BCUT2D eigenvalue weighted by Crippen LogP contribution is 2.17. The summed E-state index contributed by atoms with van der Waals surface area (Å²) in [6.45, 7) is 1.71. The Balaban J connectivity index is 2.26. The molecule has 0 saturated heterocycles. The number of nitrogens with one attached hydrogen (secondary N) is 2. The standard InChI is InChI=1S/C12H16BrFN2O2/c1-18-5-4-16-12(17)8-15-7-9-2-3-10(14)6-11(9)13/h2-3,6,15H,4-5,7-8H2,1H3,(H,16,17). The van der Waals surface area contributed by atoms with Crippen LogP contribution in [0.3, 0.4) is 0 Å². The third-order valence-corrected chi connectivity index (χ3v) is 2.98. The Labute approximate surface area is 114 Å². The van der Waals surface area contributed by atoms with Crippen molar-refractivity contribution in [2.45, 2.75) is 6.54 Å². The van der Waals surface area contributed by atoms with Crippen molar-refractivity contribution >= 4 is 21.8 Å². The highest BCUT2D eigenvalue weighted by Gasteiger charge is 2.03. The van der Waals surface area contributed by atoms with E-state index in [0.717, 1.165) is 5.56 Å². The Morgan fingerprint density at radius 2 is 2.28 bits per heavy atom. The van der Waals surface area contributed by atoms with Crippen LogP contribution in [0.4, 0.5) is 4.39 Å². The van der Waals surface area contributed by atoms with Gasteiger partial charge in [0, 0.05) is 24.7 Å². The van der Waals surface area contributed by atoms with Crippen molar-refractivity contribution in [1.29, 1.82) is 0 Å². The number of benzene rings is 1. The van der Waals surface area contributed by atoms with Crippen molar-refractivity contribution in [2.24, 2.45) is 0 Å². The molecule has 0 aliphatic heterocycles. The first-order valence-electron chi connectivity index (χ1n) is 5.53. The molecule has 100 valence electrons. The normalized spacial score (nSPS) is 10.4. The highest BCUT2D eigenvalue weighted by atomic mass is 79.9. The SMILES string of the molecule is COCCNC(=O)CNCc1ccc(F)cc1Br. The fraction of sp³-hybridized carbons (Fsp3) is 0.417. The van der Waals surface area contributed by atoms with Gasteiger partial charge in [-0.2, -0.15) is 0 Å². The molecule has 1 aromatic rings. The maximum atomic E-state index is 12.8. The molecule has 0 fully saturated rings. The number of rotatable bonds is 7. The molecular formula is C12H16BrFN2O2. The van der Waals surface area contributed by atoms with Gasteiger partial charge in [0.25, 0.3) is 0 Å². The number of halogens is 2. The van der Waals surface area contributed by atoms with Gasteiger partial charge in [-0.05, 0) is 17.7 Å². The van der Waals surface area contributed by atoms with Gasteiger partial charge in [-0.15, -0.1) is 0 Å². The molecule has 0 saturated carbocycles. The first-order chi connectivity index (χ1) is 8.63. The van der Waals surface area contributed by atoms with Gasteiger partial charge in [0.2, 0.25) is 5.91 Å². The lowest BCUT2D eigenvalue weighted by Crippen LogP contribution is -2.35. The lowest BCUT2D eigenvalue weighted by atomic mass is 10.2. The van der Waals surface area contributed by atoms with E-state index in [9.17, 15) is 9.18 Å². The topological polar surface area (TPSA) is 50.4 Å². The van der Waals surface area contributed by atoms with Crippen molar-refractivity contribution in [3.8, 4) is 0 Å². The summed E-state index contributed by atoms with van der Waals surface area (Å²) in [6.07, 6.45) is 0. The predicted octanol–water partition coefficient (Wildman–Crippen LogP) is 1.44. The Bertz CT molecular complexity index is 402. The van der Waals surface area contributed by atoms with Crippen molar-refractivity contribution in [2.75, 3.05) is 26.8 Å². The average Bonchev–Trinajstić information content (AvgIpc) is 2.32. The first kappa shape index (κ1) is 15.1. The van der Waals surface area contributed by atoms with E-state index in [1.807, 2.05) is 0 Å². The van der Waals surface area contributed by atoms with Gasteiger partial charge in [-0.1, -0.05) is 22.0 Å². The maximum Gasteiger partial charge on any atom is 0.234 e. The molecule has 0 unspecified atom stereocenters. The molecule has 1 amide bonds. The molecule has 18 heavy (non-hydrogen) atoms. The number of amides is 1. The lowest BCUT2D eigenvalue weighted by Gasteiger charge is -2.07. The summed E-state index contributed by atoms with van der Waals surface area (Å²) < 4.78 is 18.4. The minimum Gasteiger partial charge on any atom is -0.383 e. The largest absolute Gasteiger partial charge is 0.383 e. The molecular weight excluding hydrogens is 303 g/mol. The zero-order chi connectivity index (χ0) is 13.4. The minimum absolute atomic E-state index is 0.0923. The van der Waals surface area contributed by atoms with E-state index < -0.39 is 0 Å². The highest BCUT2D eigenvalue weighted by molar-refractivity contribution is 9.10. The van der Waals surface area contributed by atoms with E-state index in [1.54, 1.807) is 13.2 Å². The van der Waals surface area contributed by atoms with E-state index in [-0.39, 0.29) is 18.3 Å². The minimum atomic E-state index is -0.289. The number of ether oxygens (including phenoxy) is 1. The van der Waals surface area contributed by atoms with E-state index in [2.05, 4.69) is 26.6 Å². The van der Waals surface area contributed by atoms with Crippen molar-refractivity contribution in [1.82, 2.24) is 10.6 Å². The summed E-state index contributed by atoms with van der Waals surface area (Å²) in [6, 6.07) is 4.46. The quantitative estimate of drug-likeness (QED) is 0.748. The number of carbonyl (C=O) groups is 1. The van der Waals surface area contributed by atoms with Gasteiger partial charge >= 0.3 is 0 Å². The average molecular weight is 319 g/mol. The maximum absolute atomic E-state index is 12.8. The summed E-state index contributed by atoms with van der Waals surface area (Å²) in [5.74, 6) is -0.381. The summed E-state index contributed by atoms with van der Waals surface area (Å²) in [5, 5.41) is 5.68. The van der Waals surface area contributed by atoms with Crippen LogP contribution < -0.4 is 10.6 Å². The third-order valence-electron chi connectivity index (χ3n) is 2.24. The number of hydrogen-bond acceptors (Lipinski definition) is 3. The smallest absolute Gasteiger partial charge is 0.234 e. The Hall–Kier alpha value is -0.980. The second kappa shape index (κ2) is 8.18. The summed E-state index contributed by atoms with van der Waals surface area (Å²) in [5.41, 5.74) is 0.904. The van der Waals surface area contributed by atoms with Crippen molar-refractivity contribution in [3.63, 3.8) is 0 Å². The van der Waals surface area contributed by atoms with Crippen LogP contribution >= 0.6 is 15.9 Å². The zero-order valence-electron chi connectivity index (χ0n) is 10.1. The fourth-order valence-corrected chi connectivity index (χ4v) is 1.82. The number of hydrogen-bond donors (Lipinski definition) is 2. The zero-order valence-corrected chi connectivity index (χ0v) is 11.7. The third kappa shape index (κ3) is 5.57. The van der Waals surface area contributed by atoms with Crippen LogP contribution in [-0.2, 0) is 16.1 Å². The van der Waals surface area contributed by atoms with E-state index in [0.29, 0.717) is 24.2 Å². The molecule has 0 aliphatic rings. The summed E-state index contributed by atoms with van der Waals surface area (Å²) >= 11 is 3.27. The molecule has 1 rings (SSSR count). The lowest BCUT2D eigenvalue weighted by molar-refractivity contribution is -0.120. The van der Waals surface area contributed by atoms with Gasteiger partial charge in [-0.3, -0.25) is 4.79 Å². The number of methoxy groups -OCH3 is 1. The van der Waals surface area contributed by atoms with Crippen LogP contribution in [0.2, 0.25) is 0 Å². The van der Waals surface area contributed by atoms with Gasteiger partial charge in [-0.25, -0.2) is 4.39 Å². The van der Waals surface area contributed by atoms with E-state index in [1.165, 1.54) is 12.1 Å². The first-order valence-corrected chi connectivity index (χ1v) is 6.33. The van der Waals surface area contributed by atoms with Gasteiger partial charge in [0.15, 0.2) is 0 Å². The monoisotopic (exact) mass is 318 g/mol.